The van der Waals surface area contributed by atoms with E-state index in [1.807, 2.05) is 0 Å². The average Bonchev–Trinajstić information content (AvgIpc) is 2.45. The minimum atomic E-state index is 1.16. The number of hydrogen-bond donors (Lipinski definition) is 0. The molecule has 1 heterocycles. The van der Waals surface area contributed by atoms with Crippen molar-refractivity contribution in [2.75, 3.05) is 0 Å². The second-order valence-electron chi connectivity index (χ2n) is 4.03. The second kappa shape index (κ2) is 5.18. The molecule has 0 aliphatic heterocycles. The quantitative estimate of drug-likeness (QED) is 0.620. The lowest BCUT2D eigenvalue weighted by atomic mass is 10.0. The van der Waals surface area contributed by atoms with Gasteiger partial charge in [-0.3, -0.25) is 0 Å². The molecule has 2 heteroatoms. The zero-order valence-corrected chi connectivity index (χ0v) is 9.93. The molecule has 14 heavy (non-hydrogen) atoms. The molecule has 80 valence electrons. The van der Waals surface area contributed by atoms with E-state index < -0.39 is 0 Å². The molecule has 2 nitrogen and oxygen atoms in total. The molecule has 0 atom stereocenters. The summed E-state index contributed by atoms with van der Waals surface area (Å²) in [6.45, 7) is 6.33. The smallest absolute Gasteiger partial charge is 0.105 e. The minimum absolute atomic E-state index is 1.16. The fraction of sp³-hybridized carbons (Fsp3) is 0.750. The normalized spacial score (nSPS) is 14.3. The van der Waals surface area contributed by atoms with Gasteiger partial charge >= 0.3 is 0 Å². The van der Waals surface area contributed by atoms with Crippen molar-refractivity contribution in [3.05, 3.63) is 17.2 Å². The van der Waals surface area contributed by atoms with Crippen LogP contribution in [0.5, 0.6) is 0 Å². The largest absolute Gasteiger partial charge is 0.335 e. The van der Waals surface area contributed by atoms with Crippen molar-refractivity contribution in [3.8, 4) is 0 Å². The Balaban J connectivity index is 0.000000293. The van der Waals surface area contributed by atoms with Crippen LogP contribution in [0.25, 0.3) is 0 Å². The molecule has 1 aliphatic carbocycles. The average molecular weight is 194 g/mol. The lowest BCUT2D eigenvalue weighted by Crippen LogP contribution is -2.05. The van der Waals surface area contributed by atoms with Crippen molar-refractivity contribution >= 4 is 0 Å². The summed E-state index contributed by atoms with van der Waals surface area (Å²) in [5.74, 6) is 1.16. The first-order valence-electron chi connectivity index (χ1n) is 5.71. The van der Waals surface area contributed by atoms with Gasteiger partial charge in [-0.2, -0.15) is 0 Å². The van der Waals surface area contributed by atoms with Crippen LogP contribution in [-0.2, 0) is 19.9 Å². The molecule has 0 saturated carbocycles. The predicted octanol–water partition coefficient (Wildman–Crippen LogP) is 3.02. The molecule has 0 amide bonds. The number of hydrogen-bond acceptors (Lipinski definition) is 1. The van der Waals surface area contributed by atoms with E-state index in [2.05, 4.69) is 37.4 Å². The fourth-order valence-corrected chi connectivity index (χ4v) is 1.82. The maximum atomic E-state index is 4.51. The number of fused-ring (bicyclic) bond motifs is 1. The lowest BCUT2D eigenvalue weighted by Gasteiger charge is -2.10. The van der Waals surface area contributed by atoms with Crippen LogP contribution in [0.1, 0.15) is 50.3 Å². The highest BCUT2D eigenvalue weighted by Gasteiger charge is 2.15. The SMILES string of the molecule is CCC.Cc1nc2c(n1C)CCCC2. The maximum absolute atomic E-state index is 4.51. The number of nitrogens with zero attached hydrogens (tertiary/aromatic N) is 2. The van der Waals surface area contributed by atoms with Gasteiger partial charge in [0.1, 0.15) is 5.82 Å². The molecule has 0 aromatic carbocycles. The molecule has 0 fully saturated rings. The Hall–Kier alpha value is -0.790. The summed E-state index contributed by atoms with van der Waals surface area (Å²) < 4.78 is 2.23. The van der Waals surface area contributed by atoms with Gasteiger partial charge in [0, 0.05) is 12.7 Å². The van der Waals surface area contributed by atoms with Gasteiger partial charge in [0.25, 0.3) is 0 Å². The molecule has 0 bridgehead atoms. The summed E-state index contributed by atoms with van der Waals surface area (Å²) in [5, 5.41) is 0. The Morgan fingerprint density at radius 1 is 1.21 bits per heavy atom. The van der Waals surface area contributed by atoms with Crippen LogP contribution in [0.2, 0.25) is 0 Å². The van der Waals surface area contributed by atoms with Crippen LogP contribution < -0.4 is 0 Å². The Morgan fingerprint density at radius 2 is 1.79 bits per heavy atom. The van der Waals surface area contributed by atoms with Crippen LogP contribution >= 0.6 is 0 Å². The van der Waals surface area contributed by atoms with Gasteiger partial charge in [-0.05, 0) is 32.6 Å². The first kappa shape index (κ1) is 11.3. The lowest BCUT2D eigenvalue weighted by molar-refractivity contribution is 0.642. The third kappa shape index (κ3) is 2.37. The monoisotopic (exact) mass is 194 g/mol. The zero-order chi connectivity index (χ0) is 10.6. The molecule has 0 spiro atoms. The number of imidazole rings is 1. The van der Waals surface area contributed by atoms with Crippen LogP contribution in [0.15, 0.2) is 0 Å². The van der Waals surface area contributed by atoms with Crippen molar-refractivity contribution < 1.29 is 0 Å². The third-order valence-electron chi connectivity index (χ3n) is 2.60. The first-order chi connectivity index (χ1) is 6.70. The molecule has 1 aliphatic rings. The van der Waals surface area contributed by atoms with E-state index in [9.17, 15) is 0 Å². The summed E-state index contributed by atoms with van der Waals surface area (Å²) in [7, 11) is 2.12. The predicted molar refractivity (Wildman–Crippen MR) is 60.6 cm³/mol. The molecule has 1 aromatic heterocycles. The summed E-state index contributed by atoms with van der Waals surface area (Å²) >= 11 is 0. The fourth-order valence-electron chi connectivity index (χ4n) is 1.82. The molecule has 0 unspecified atom stereocenters. The summed E-state index contributed by atoms with van der Waals surface area (Å²) in [6.07, 6.45) is 6.33. The standard InChI is InChI=1S/C9H14N2.C3H8/c1-7-10-8-5-3-4-6-9(8)11(7)2;1-3-2/h3-6H2,1-2H3;3H2,1-2H3. The molecular weight excluding hydrogens is 172 g/mol. The van der Waals surface area contributed by atoms with Crippen molar-refractivity contribution in [1.29, 1.82) is 0 Å². The molecule has 0 saturated heterocycles. The van der Waals surface area contributed by atoms with Crippen molar-refractivity contribution in [1.82, 2.24) is 9.55 Å². The van der Waals surface area contributed by atoms with Gasteiger partial charge in [-0.15, -0.1) is 0 Å². The molecule has 0 radical (unpaired) electrons. The van der Waals surface area contributed by atoms with Gasteiger partial charge < -0.3 is 4.57 Å². The van der Waals surface area contributed by atoms with Crippen LogP contribution in [0.4, 0.5) is 0 Å². The summed E-state index contributed by atoms with van der Waals surface area (Å²) in [5.41, 5.74) is 2.81. The Kier molecular flexibility index (Phi) is 4.18. The second-order valence-corrected chi connectivity index (χ2v) is 4.03. The third-order valence-corrected chi connectivity index (χ3v) is 2.60. The van der Waals surface area contributed by atoms with Crippen LogP contribution in [-0.4, -0.2) is 9.55 Å². The van der Waals surface area contributed by atoms with Gasteiger partial charge in [0.2, 0.25) is 0 Å². The minimum Gasteiger partial charge on any atom is -0.335 e. The molecule has 1 aromatic rings. The number of aromatic nitrogens is 2. The van der Waals surface area contributed by atoms with E-state index in [-0.39, 0.29) is 0 Å². The topological polar surface area (TPSA) is 17.8 Å². The van der Waals surface area contributed by atoms with Crippen LogP contribution in [0.3, 0.4) is 0 Å². The Morgan fingerprint density at radius 3 is 2.36 bits per heavy atom. The van der Waals surface area contributed by atoms with E-state index in [0.717, 1.165) is 5.82 Å². The highest BCUT2D eigenvalue weighted by Crippen LogP contribution is 2.20. The van der Waals surface area contributed by atoms with Crippen molar-refractivity contribution in [2.45, 2.75) is 52.9 Å². The van der Waals surface area contributed by atoms with E-state index in [1.54, 1.807) is 0 Å². The van der Waals surface area contributed by atoms with Gasteiger partial charge in [-0.25, -0.2) is 4.98 Å². The molecule has 0 N–H and O–H groups in total. The highest BCUT2D eigenvalue weighted by atomic mass is 15.1. The maximum Gasteiger partial charge on any atom is 0.105 e. The van der Waals surface area contributed by atoms with E-state index in [4.69, 9.17) is 0 Å². The summed E-state index contributed by atoms with van der Waals surface area (Å²) in [6, 6.07) is 0. The summed E-state index contributed by atoms with van der Waals surface area (Å²) in [4.78, 5) is 4.51. The van der Waals surface area contributed by atoms with Gasteiger partial charge in [0.15, 0.2) is 0 Å². The van der Waals surface area contributed by atoms with Crippen LogP contribution in [0, 0.1) is 6.92 Å². The van der Waals surface area contributed by atoms with E-state index in [0.29, 0.717) is 0 Å². The number of rotatable bonds is 0. The first-order valence-corrected chi connectivity index (χ1v) is 5.71. The van der Waals surface area contributed by atoms with Crippen molar-refractivity contribution in [3.63, 3.8) is 0 Å². The Bertz CT molecular complexity index is 287. The molecule has 2 rings (SSSR count). The highest BCUT2D eigenvalue weighted by molar-refractivity contribution is 5.19. The van der Waals surface area contributed by atoms with E-state index in [1.165, 1.54) is 43.5 Å². The zero-order valence-electron chi connectivity index (χ0n) is 9.93. The van der Waals surface area contributed by atoms with E-state index >= 15 is 0 Å². The van der Waals surface area contributed by atoms with Gasteiger partial charge in [0.05, 0.1) is 5.69 Å². The van der Waals surface area contributed by atoms with Crippen molar-refractivity contribution in [2.24, 2.45) is 7.05 Å². The Labute approximate surface area is 87.4 Å². The number of aryl methyl sites for hydroxylation is 2. The van der Waals surface area contributed by atoms with Gasteiger partial charge in [-0.1, -0.05) is 20.3 Å². The molecular formula is C12H22N2.